The van der Waals surface area contributed by atoms with Crippen LogP contribution in [-0.4, -0.2) is 42.5 Å². The number of nitrogens with zero attached hydrogens (tertiary/aromatic N) is 1. The number of hydrogen-bond donors (Lipinski definition) is 1. The Labute approximate surface area is 113 Å². The molecule has 2 aliphatic rings. The van der Waals surface area contributed by atoms with Crippen molar-refractivity contribution in [3.8, 4) is 11.5 Å². The van der Waals surface area contributed by atoms with Gasteiger partial charge in [-0.1, -0.05) is 13.8 Å². The summed E-state index contributed by atoms with van der Waals surface area (Å²) in [5, 5.41) is 9.92. The predicted molar refractivity (Wildman–Crippen MR) is 72.7 cm³/mol. The highest BCUT2D eigenvalue weighted by atomic mass is 16.5. The Morgan fingerprint density at radius 3 is 2.63 bits per heavy atom. The number of fused-ring (bicyclic) bond motifs is 1. The van der Waals surface area contributed by atoms with E-state index in [9.17, 15) is 5.11 Å². The first-order chi connectivity index (χ1) is 9.00. The molecule has 1 N–H and O–H groups in total. The normalized spacial score (nSPS) is 25.9. The predicted octanol–water partition coefficient (Wildman–Crippen LogP) is 2.03. The smallest absolute Gasteiger partial charge is 0.162 e. The van der Waals surface area contributed by atoms with Gasteiger partial charge in [-0.05, 0) is 24.6 Å². The maximum atomic E-state index is 9.92. The van der Waals surface area contributed by atoms with Gasteiger partial charge in [-0.25, -0.2) is 0 Å². The lowest BCUT2D eigenvalue weighted by molar-refractivity contribution is -0.0612. The van der Waals surface area contributed by atoms with Crippen LogP contribution in [0.4, 0.5) is 0 Å². The van der Waals surface area contributed by atoms with Gasteiger partial charge in [0, 0.05) is 24.1 Å². The molecule has 104 valence electrons. The number of phenols is 1. The molecule has 2 aliphatic heterocycles. The number of ether oxygens (including phenoxy) is 2. The number of benzene rings is 1. The third-order valence-corrected chi connectivity index (χ3v) is 4.23. The van der Waals surface area contributed by atoms with Crippen LogP contribution < -0.4 is 4.74 Å². The minimum atomic E-state index is -0.127. The van der Waals surface area contributed by atoms with Crippen LogP contribution in [0.15, 0.2) is 12.1 Å². The van der Waals surface area contributed by atoms with Gasteiger partial charge >= 0.3 is 0 Å². The molecule has 0 radical (unpaired) electrons. The zero-order valence-electron chi connectivity index (χ0n) is 11.8. The molecule has 1 unspecified atom stereocenters. The van der Waals surface area contributed by atoms with Crippen molar-refractivity contribution in [3.63, 3.8) is 0 Å². The summed E-state index contributed by atoms with van der Waals surface area (Å²) in [6.45, 7) is 9.56. The number of phenolic OH excluding ortho intramolecular Hbond substituents is 1. The number of aromatic hydroxyl groups is 1. The first-order valence-corrected chi connectivity index (χ1v) is 6.82. The minimum absolute atomic E-state index is 0.0209. The molecule has 1 saturated heterocycles. The zero-order valence-corrected chi connectivity index (χ0v) is 11.8. The van der Waals surface area contributed by atoms with Crippen molar-refractivity contribution in [2.45, 2.75) is 32.4 Å². The topological polar surface area (TPSA) is 41.9 Å². The van der Waals surface area contributed by atoms with Gasteiger partial charge in [0.15, 0.2) is 6.23 Å². The van der Waals surface area contributed by atoms with Gasteiger partial charge in [0.05, 0.1) is 13.2 Å². The summed E-state index contributed by atoms with van der Waals surface area (Å²) in [4.78, 5) is 2.33. The molecule has 4 nitrogen and oxygen atoms in total. The van der Waals surface area contributed by atoms with Crippen LogP contribution in [0, 0.1) is 6.92 Å². The second-order valence-corrected chi connectivity index (χ2v) is 5.98. The summed E-state index contributed by atoms with van der Waals surface area (Å²) in [6.07, 6.45) is 0.0209. The third kappa shape index (κ3) is 1.99. The van der Waals surface area contributed by atoms with Gasteiger partial charge in [-0.2, -0.15) is 0 Å². The summed E-state index contributed by atoms with van der Waals surface area (Å²) in [5.41, 5.74) is 1.82. The maximum absolute atomic E-state index is 9.92. The van der Waals surface area contributed by atoms with E-state index >= 15 is 0 Å². The second-order valence-electron chi connectivity index (χ2n) is 5.98. The molecule has 1 aromatic rings. The molecule has 0 aliphatic carbocycles. The molecule has 19 heavy (non-hydrogen) atoms. The molecule has 0 bridgehead atoms. The molecule has 1 fully saturated rings. The average molecular weight is 263 g/mol. The van der Waals surface area contributed by atoms with E-state index in [2.05, 4.69) is 18.7 Å². The Kier molecular flexibility index (Phi) is 2.95. The summed E-state index contributed by atoms with van der Waals surface area (Å²) in [6, 6.07) is 3.79. The van der Waals surface area contributed by atoms with Gasteiger partial charge in [0.2, 0.25) is 0 Å². The van der Waals surface area contributed by atoms with E-state index in [1.165, 1.54) is 0 Å². The van der Waals surface area contributed by atoms with Crippen LogP contribution in [0.5, 0.6) is 11.5 Å². The molecule has 0 saturated carbocycles. The molecule has 3 rings (SSSR count). The Balaban J connectivity index is 1.95. The van der Waals surface area contributed by atoms with Crippen LogP contribution in [0.1, 0.15) is 25.0 Å². The maximum Gasteiger partial charge on any atom is 0.162 e. The molecule has 0 aromatic heterocycles. The lowest BCUT2D eigenvalue weighted by Gasteiger charge is -2.38. The highest BCUT2D eigenvalue weighted by molar-refractivity contribution is 5.51. The van der Waals surface area contributed by atoms with Crippen molar-refractivity contribution >= 4 is 0 Å². The summed E-state index contributed by atoms with van der Waals surface area (Å²) in [5.74, 6) is 1.25. The van der Waals surface area contributed by atoms with E-state index in [0.29, 0.717) is 5.75 Å². The van der Waals surface area contributed by atoms with E-state index in [1.54, 1.807) is 0 Å². The molecule has 0 spiro atoms. The molecule has 1 atom stereocenters. The quantitative estimate of drug-likeness (QED) is 0.842. The zero-order chi connectivity index (χ0) is 13.6. The van der Waals surface area contributed by atoms with Crippen molar-refractivity contribution in [2.75, 3.05) is 26.3 Å². The van der Waals surface area contributed by atoms with E-state index in [-0.39, 0.29) is 11.6 Å². The Bertz CT molecular complexity index is 492. The SMILES string of the molecule is Cc1cc2c(cc1O)C(C)(C)C(N1CCOCC1)O2. The number of morpholine rings is 1. The standard InChI is InChI=1S/C15H21NO3/c1-10-8-13-11(9-12(10)17)15(2,3)14(19-13)16-4-6-18-7-5-16/h8-9,14,17H,4-7H2,1-3H3. The Hall–Kier alpha value is -1.26. The van der Waals surface area contributed by atoms with Gasteiger partial charge in [0.25, 0.3) is 0 Å². The fraction of sp³-hybridized carbons (Fsp3) is 0.600. The fourth-order valence-electron chi connectivity index (χ4n) is 3.01. The molecular formula is C15H21NO3. The average Bonchev–Trinajstić information content (AvgIpc) is 2.64. The lowest BCUT2D eigenvalue weighted by atomic mass is 9.83. The fourth-order valence-corrected chi connectivity index (χ4v) is 3.01. The lowest BCUT2D eigenvalue weighted by Crippen LogP contribution is -2.52. The van der Waals surface area contributed by atoms with Crippen LogP contribution >= 0.6 is 0 Å². The Morgan fingerprint density at radius 2 is 1.95 bits per heavy atom. The van der Waals surface area contributed by atoms with Gasteiger partial charge in [-0.3, -0.25) is 4.90 Å². The van der Waals surface area contributed by atoms with Crippen LogP contribution in [-0.2, 0) is 10.2 Å². The molecule has 1 aromatic carbocycles. The van der Waals surface area contributed by atoms with Crippen LogP contribution in [0.25, 0.3) is 0 Å². The third-order valence-electron chi connectivity index (χ3n) is 4.23. The van der Waals surface area contributed by atoms with Gasteiger partial charge in [-0.15, -0.1) is 0 Å². The van der Waals surface area contributed by atoms with Crippen molar-refractivity contribution < 1.29 is 14.6 Å². The summed E-state index contributed by atoms with van der Waals surface area (Å²) in [7, 11) is 0. The second kappa shape index (κ2) is 4.39. The van der Waals surface area contributed by atoms with Crippen molar-refractivity contribution in [2.24, 2.45) is 0 Å². The van der Waals surface area contributed by atoms with Gasteiger partial charge < -0.3 is 14.6 Å². The van der Waals surface area contributed by atoms with Crippen molar-refractivity contribution in [1.29, 1.82) is 0 Å². The number of hydrogen-bond acceptors (Lipinski definition) is 4. The Morgan fingerprint density at radius 1 is 1.26 bits per heavy atom. The highest BCUT2D eigenvalue weighted by Gasteiger charge is 2.45. The van der Waals surface area contributed by atoms with Gasteiger partial charge in [0.1, 0.15) is 11.5 Å². The summed E-state index contributed by atoms with van der Waals surface area (Å²) < 4.78 is 11.6. The molecule has 4 heteroatoms. The van der Waals surface area contributed by atoms with Crippen molar-refractivity contribution in [1.82, 2.24) is 4.90 Å². The number of aryl methyl sites for hydroxylation is 1. The molecule has 2 heterocycles. The van der Waals surface area contributed by atoms with Crippen molar-refractivity contribution in [3.05, 3.63) is 23.3 Å². The summed E-state index contributed by atoms with van der Waals surface area (Å²) >= 11 is 0. The largest absolute Gasteiger partial charge is 0.508 e. The van der Waals surface area contributed by atoms with E-state index in [0.717, 1.165) is 43.2 Å². The molecule has 0 amide bonds. The minimum Gasteiger partial charge on any atom is -0.508 e. The first-order valence-electron chi connectivity index (χ1n) is 6.82. The van der Waals surface area contributed by atoms with E-state index < -0.39 is 0 Å². The van der Waals surface area contributed by atoms with Crippen LogP contribution in [0.2, 0.25) is 0 Å². The van der Waals surface area contributed by atoms with E-state index in [4.69, 9.17) is 9.47 Å². The first kappa shape index (κ1) is 12.8. The molecular weight excluding hydrogens is 242 g/mol. The highest BCUT2D eigenvalue weighted by Crippen LogP contribution is 2.46. The van der Waals surface area contributed by atoms with Crippen LogP contribution in [0.3, 0.4) is 0 Å². The van der Waals surface area contributed by atoms with E-state index in [1.807, 2.05) is 19.1 Å². The number of rotatable bonds is 1. The monoisotopic (exact) mass is 263 g/mol.